The zero-order valence-corrected chi connectivity index (χ0v) is 17.6. The highest BCUT2D eigenvalue weighted by Gasteiger charge is 2.13. The molecule has 2 aromatic carbocycles. The number of thioether (sulfide) groups is 1. The number of aromatic nitrogens is 3. The quantitative estimate of drug-likeness (QED) is 0.446. The number of nitro groups is 1. The molecular formula is C21H22N6O3S. The molecule has 160 valence electrons. The van der Waals surface area contributed by atoms with Gasteiger partial charge in [-0.2, -0.15) is 16.9 Å². The standard InChI is InChI=1S/C21H22N6O3S/c28-20(23-18-5-1-3-16(11-18)13-25-7-9-31-10-8-25)14-26-15-22-21(24-26)17-4-2-6-19(12-17)27(29)30/h1-6,11-12,15H,7-10,13-14H2,(H,23,28). The first-order valence-corrected chi connectivity index (χ1v) is 11.1. The van der Waals surface area contributed by atoms with E-state index in [-0.39, 0.29) is 18.1 Å². The number of non-ortho nitro benzene ring substituents is 1. The normalized spacial score (nSPS) is 14.3. The second-order valence-corrected chi connectivity index (χ2v) is 8.44. The summed E-state index contributed by atoms with van der Waals surface area (Å²) in [5.41, 5.74) is 2.40. The Bertz CT molecular complexity index is 1080. The second-order valence-electron chi connectivity index (χ2n) is 7.21. The molecule has 9 nitrogen and oxygen atoms in total. The van der Waals surface area contributed by atoms with E-state index < -0.39 is 4.92 Å². The van der Waals surface area contributed by atoms with Crippen LogP contribution in [0.15, 0.2) is 54.9 Å². The predicted octanol–water partition coefficient (Wildman–Crippen LogP) is 3.04. The Morgan fingerprint density at radius 3 is 2.77 bits per heavy atom. The lowest BCUT2D eigenvalue weighted by Crippen LogP contribution is -2.31. The van der Waals surface area contributed by atoms with Gasteiger partial charge in [-0.3, -0.25) is 19.8 Å². The molecule has 1 aromatic heterocycles. The number of nitro benzene ring substituents is 1. The Balaban J connectivity index is 1.37. The molecule has 0 unspecified atom stereocenters. The summed E-state index contributed by atoms with van der Waals surface area (Å²) in [5.74, 6) is 2.43. The van der Waals surface area contributed by atoms with Crippen molar-refractivity contribution in [1.29, 1.82) is 0 Å². The van der Waals surface area contributed by atoms with E-state index in [1.165, 1.54) is 28.7 Å². The maximum absolute atomic E-state index is 12.5. The molecule has 1 amide bonds. The lowest BCUT2D eigenvalue weighted by Gasteiger charge is -2.26. The number of carbonyl (C=O) groups is 1. The van der Waals surface area contributed by atoms with Crippen LogP contribution >= 0.6 is 11.8 Å². The van der Waals surface area contributed by atoms with Gasteiger partial charge in [0.05, 0.1) is 4.92 Å². The second kappa shape index (κ2) is 9.71. The van der Waals surface area contributed by atoms with Gasteiger partial charge in [-0.05, 0) is 17.7 Å². The highest BCUT2D eigenvalue weighted by molar-refractivity contribution is 7.99. The number of hydrogen-bond acceptors (Lipinski definition) is 7. The molecule has 0 radical (unpaired) electrons. The van der Waals surface area contributed by atoms with E-state index in [0.29, 0.717) is 11.4 Å². The van der Waals surface area contributed by atoms with E-state index >= 15 is 0 Å². The monoisotopic (exact) mass is 438 g/mol. The van der Waals surface area contributed by atoms with Gasteiger partial charge >= 0.3 is 0 Å². The molecule has 2 heterocycles. The highest BCUT2D eigenvalue weighted by atomic mass is 32.2. The minimum Gasteiger partial charge on any atom is -0.324 e. The van der Waals surface area contributed by atoms with E-state index in [9.17, 15) is 14.9 Å². The van der Waals surface area contributed by atoms with E-state index in [1.54, 1.807) is 12.1 Å². The number of amides is 1. The zero-order valence-electron chi connectivity index (χ0n) is 16.8. The summed E-state index contributed by atoms with van der Waals surface area (Å²) in [6.45, 7) is 3.04. The number of benzene rings is 2. The summed E-state index contributed by atoms with van der Waals surface area (Å²) in [7, 11) is 0. The van der Waals surface area contributed by atoms with Crippen molar-refractivity contribution in [3.63, 3.8) is 0 Å². The number of anilines is 1. The van der Waals surface area contributed by atoms with E-state index in [0.717, 1.165) is 36.8 Å². The average Bonchev–Trinajstić information content (AvgIpc) is 3.23. The van der Waals surface area contributed by atoms with Gasteiger partial charge in [-0.15, -0.1) is 0 Å². The van der Waals surface area contributed by atoms with Gasteiger partial charge in [0.15, 0.2) is 5.82 Å². The molecule has 0 aliphatic carbocycles. The lowest BCUT2D eigenvalue weighted by atomic mass is 10.2. The predicted molar refractivity (Wildman–Crippen MR) is 120 cm³/mol. The average molecular weight is 439 g/mol. The van der Waals surface area contributed by atoms with Gasteiger partial charge in [0.2, 0.25) is 5.91 Å². The number of carbonyl (C=O) groups excluding carboxylic acids is 1. The van der Waals surface area contributed by atoms with Crippen LogP contribution in [0.25, 0.3) is 11.4 Å². The van der Waals surface area contributed by atoms with Crippen LogP contribution in [0.3, 0.4) is 0 Å². The minimum atomic E-state index is -0.466. The first kappa shape index (κ1) is 21.0. The van der Waals surface area contributed by atoms with Crippen LogP contribution in [-0.2, 0) is 17.9 Å². The van der Waals surface area contributed by atoms with Crippen LogP contribution in [0.4, 0.5) is 11.4 Å². The van der Waals surface area contributed by atoms with Crippen molar-refractivity contribution < 1.29 is 9.72 Å². The molecule has 0 atom stereocenters. The minimum absolute atomic E-state index is 0.00446. The van der Waals surface area contributed by atoms with Crippen molar-refractivity contribution in [1.82, 2.24) is 19.7 Å². The van der Waals surface area contributed by atoms with Crippen LogP contribution in [0.2, 0.25) is 0 Å². The topological polar surface area (TPSA) is 106 Å². The molecule has 1 aliphatic heterocycles. The first-order valence-electron chi connectivity index (χ1n) is 9.90. The number of nitrogens with zero attached hydrogens (tertiary/aromatic N) is 5. The molecule has 10 heteroatoms. The summed E-state index contributed by atoms with van der Waals surface area (Å²) in [6.07, 6.45) is 1.44. The fourth-order valence-electron chi connectivity index (χ4n) is 3.37. The van der Waals surface area contributed by atoms with Crippen LogP contribution in [0.5, 0.6) is 0 Å². The van der Waals surface area contributed by atoms with Crippen molar-refractivity contribution in [3.8, 4) is 11.4 Å². The van der Waals surface area contributed by atoms with Crippen molar-refractivity contribution in [2.75, 3.05) is 29.9 Å². The smallest absolute Gasteiger partial charge is 0.270 e. The van der Waals surface area contributed by atoms with Gasteiger partial charge in [0.25, 0.3) is 5.69 Å². The number of rotatable bonds is 7. The van der Waals surface area contributed by atoms with Crippen molar-refractivity contribution >= 4 is 29.0 Å². The molecule has 4 rings (SSSR count). The van der Waals surface area contributed by atoms with Crippen LogP contribution in [-0.4, -0.2) is 55.1 Å². The third kappa shape index (κ3) is 5.68. The molecule has 1 saturated heterocycles. The molecule has 0 saturated carbocycles. The van der Waals surface area contributed by atoms with E-state index in [1.807, 2.05) is 30.0 Å². The molecule has 31 heavy (non-hydrogen) atoms. The molecule has 0 bridgehead atoms. The van der Waals surface area contributed by atoms with Crippen molar-refractivity contribution in [2.45, 2.75) is 13.1 Å². The highest BCUT2D eigenvalue weighted by Crippen LogP contribution is 2.20. The Hall–Kier alpha value is -3.24. The summed E-state index contributed by atoms with van der Waals surface area (Å²) in [5, 5.41) is 18.1. The Labute approximate surface area is 183 Å². The SMILES string of the molecule is O=C(Cn1cnc(-c2cccc([N+](=O)[O-])c2)n1)Nc1cccc(CN2CCSCC2)c1. The maximum Gasteiger partial charge on any atom is 0.270 e. The first-order chi connectivity index (χ1) is 15.1. The molecule has 3 aromatic rings. The third-order valence-corrected chi connectivity index (χ3v) is 5.82. The van der Waals surface area contributed by atoms with Gasteiger partial charge < -0.3 is 5.32 Å². The van der Waals surface area contributed by atoms with Crippen LogP contribution in [0, 0.1) is 10.1 Å². The Morgan fingerprint density at radius 2 is 1.97 bits per heavy atom. The van der Waals surface area contributed by atoms with Crippen molar-refractivity contribution in [2.24, 2.45) is 0 Å². The summed E-state index contributed by atoms with van der Waals surface area (Å²) in [6, 6.07) is 14.0. The molecular weight excluding hydrogens is 416 g/mol. The van der Waals surface area contributed by atoms with Gasteiger partial charge in [-0.25, -0.2) is 9.67 Å². The summed E-state index contributed by atoms with van der Waals surface area (Å²) < 4.78 is 1.42. The van der Waals surface area contributed by atoms with E-state index in [2.05, 4.69) is 26.4 Å². The lowest BCUT2D eigenvalue weighted by molar-refractivity contribution is -0.384. The molecule has 1 N–H and O–H groups in total. The summed E-state index contributed by atoms with van der Waals surface area (Å²) >= 11 is 1.98. The van der Waals surface area contributed by atoms with Gasteiger partial charge in [0.1, 0.15) is 12.9 Å². The largest absolute Gasteiger partial charge is 0.324 e. The summed E-state index contributed by atoms with van der Waals surface area (Å²) in [4.78, 5) is 29.5. The number of hydrogen-bond donors (Lipinski definition) is 1. The van der Waals surface area contributed by atoms with Crippen LogP contribution < -0.4 is 5.32 Å². The van der Waals surface area contributed by atoms with E-state index in [4.69, 9.17) is 0 Å². The van der Waals surface area contributed by atoms with Crippen molar-refractivity contribution in [3.05, 3.63) is 70.5 Å². The van der Waals surface area contributed by atoms with Gasteiger partial charge in [0, 0.05) is 54.5 Å². The zero-order chi connectivity index (χ0) is 21.6. The maximum atomic E-state index is 12.5. The fourth-order valence-corrected chi connectivity index (χ4v) is 4.35. The van der Waals surface area contributed by atoms with Gasteiger partial charge in [-0.1, -0.05) is 24.3 Å². The number of nitrogens with one attached hydrogen (secondary N) is 1. The molecule has 1 aliphatic rings. The third-order valence-electron chi connectivity index (χ3n) is 4.88. The Kier molecular flexibility index (Phi) is 6.58. The molecule has 0 spiro atoms. The van der Waals surface area contributed by atoms with Crippen LogP contribution in [0.1, 0.15) is 5.56 Å². The molecule has 1 fully saturated rings. The fraction of sp³-hybridized carbons (Fsp3) is 0.286. The Morgan fingerprint density at radius 1 is 1.16 bits per heavy atom.